The Kier molecular flexibility index (Phi) is 5.21. The summed E-state index contributed by atoms with van der Waals surface area (Å²) in [4.78, 5) is 26.9. The van der Waals surface area contributed by atoms with E-state index in [1.165, 1.54) is 23.7 Å². The molecular formula is C18H27N3O3. The highest BCUT2D eigenvalue weighted by molar-refractivity contribution is 6.03. The van der Waals surface area contributed by atoms with E-state index in [9.17, 15) is 14.7 Å². The fourth-order valence-electron chi connectivity index (χ4n) is 4.32. The molecule has 2 aliphatic rings. The largest absolute Gasteiger partial charge is 0.478 e. The van der Waals surface area contributed by atoms with Gasteiger partial charge in [0.2, 0.25) is 0 Å². The normalized spacial score (nSPS) is 20.0. The van der Waals surface area contributed by atoms with Crippen molar-refractivity contribution in [3.05, 3.63) is 17.5 Å². The molecule has 6 heteroatoms. The van der Waals surface area contributed by atoms with Crippen LogP contribution in [0.3, 0.4) is 0 Å². The summed E-state index contributed by atoms with van der Waals surface area (Å²) in [7, 11) is 1.65. The molecule has 24 heavy (non-hydrogen) atoms. The summed E-state index contributed by atoms with van der Waals surface area (Å²) in [5, 5.41) is 13.4. The first-order chi connectivity index (χ1) is 11.6. The lowest BCUT2D eigenvalue weighted by atomic mass is 9.88. The van der Waals surface area contributed by atoms with Crippen molar-refractivity contribution >= 4 is 11.9 Å². The number of nitrogens with zero attached hydrogens (tertiary/aromatic N) is 3. The predicted molar refractivity (Wildman–Crippen MR) is 90.1 cm³/mol. The maximum atomic E-state index is 13.4. The number of aryl methyl sites for hydroxylation is 1. The number of aromatic nitrogens is 2. The quantitative estimate of drug-likeness (QED) is 0.918. The van der Waals surface area contributed by atoms with E-state index in [4.69, 9.17) is 0 Å². The van der Waals surface area contributed by atoms with E-state index in [2.05, 4.69) is 5.10 Å². The summed E-state index contributed by atoms with van der Waals surface area (Å²) < 4.78 is 1.42. The van der Waals surface area contributed by atoms with Crippen molar-refractivity contribution < 1.29 is 14.7 Å². The Labute approximate surface area is 142 Å². The molecule has 2 saturated carbocycles. The Morgan fingerprint density at radius 3 is 2.00 bits per heavy atom. The van der Waals surface area contributed by atoms with Crippen LogP contribution in [0.1, 0.15) is 85.1 Å². The molecule has 0 unspecified atom stereocenters. The predicted octanol–water partition coefficient (Wildman–Crippen LogP) is 3.23. The van der Waals surface area contributed by atoms with E-state index < -0.39 is 5.97 Å². The first-order valence-electron chi connectivity index (χ1n) is 9.17. The highest BCUT2D eigenvalue weighted by atomic mass is 16.4. The van der Waals surface area contributed by atoms with E-state index in [0.717, 1.165) is 51.4 Å². The monoisotopic (exact) mass is 333 g/mol. The maximum Gasteiger partial charge on any atom is 0.339 e. The van der Waals surface area contributed by atoms with E-state index in [0.29, 0.717) is 0 Å². The Bertz CT molecular complexity index is 581. The first kappa shape index (κ1) is 17.0. The zero-order valence-corrected chi connectivity index (χ0v) is 14.4. The molecule has 1 N–H and O–H groups in total. The second-order valence-electron chi connectivity index (χ2n) is 7.13. The number of carboxylic acid groups (broad SMARTS) is 1. The molecule has 2 aliphatic carbocycles. The smallest absolute Gasteiger partial charge is 0.339 e. The molecule has 0 aromatic carbocycles. The lowest BCUT2D eigenvalue weighted by molar-refractivity contribution is 0.0430. The number of carboxylic acids is 1. The molecule has 0 spiro atoms. The summed E-state index contributed by atoms with van der Waals surface area (Å²) in [6.45, 7) is 0. The second-order valence-corrected chi connectivity index (χ2v) is 7.13. The SMILES string of the molecule is Cn1ncc(C(=O)O)c1C(=O)N(C1CCCCC1)C1CCCCC1. The molecule has 0 saturated heterocycles. The minimum absolute atomic E-state index is 0.0131. The van der Waals surface area contributed by atoms with Crippen molar-refractivity contribution in [2.24, 2.45) is 7.05 Å². The van der Waals surface area contributed by atoms with Crippen LogP contribution in [0.25, 0.3) is 0 Å². The number of rotatable bonds is 4. The minimum Gasteiger partial charge on any atom is -0.478 e. The second kappa shape index (κ2) is 7.36. The van der Waals surface area contributed by atoms with E-state index in [1.54, 1.807) is 7.05 Å². The summed E-state index contributed by atoms with van der Waals surface area (Å²) in [5.74, 6) is -1.23. The van der Waals surface area contributed by atoms with Gasteiger partial charge in [0.1, 0.15) is 11.3 Å². The van der Waals surface area contributed by atoms with Crippen LogP contribution in [0.15, 0.2) is 6.20 Å². The third kappa shape index (κ3) is 3.32. The molecule has 6 nitrogen and oxygen atoms in total. The van der Waals surface area contributed by atoms with Crippen LogP contribution in [0.2, 0.25) is 0 Å². The molecule has 1 aromatic rings. The number of carbonyl (C=O) groups excluding carboxylic acids is 1. The average Bonchev–Trinajstić information content (AvgIpc) is 2.99. The van der Waals surface area contributed by atoms with Crippen molar-refractivity contribution in [2.45, 2.75) is 76.3 Å². The zero-order chi connectivity index (χ0) is 17.1. The third-order valence-corrected chi connectivity index (χ3v) is 5.54. The Morgan fingerprint density at radius 2 is 1.54 bits per heavy atom. The van der Waals surface area contributed by atoms with Gasteiger partial charge in [0.25, 0.3) is 5.91 Å². The highest BCUT2D eigenvalue weighted by Gasteiger charge is 2.36. The Hall–Kier alpha value is -1.85. The molecule has 1 amide bonds. The van der Waals surface area contributed by atoms with Crippen LogP contribution in [0, 0.1) is 0 Å². The highest BCUT2D eigenvalue weighted by Crippen LogP contribution is 2.31. The van der Waals surface area contributed by atoms with Crippen LogP contribution in [-0.2, 0) is 7.05 Å². The van der Waals surface area contributed by atoms with Gasteiger partial charge < -0.3 is 10.0 Å². The van der Waals surface area contributed by atoms with Gasteiger partial charge in [-0.15, -0.1) is 0 Å². The molecular weight excluding hydrogens is 306 g/mol. The van der Waals surface area contributed by atoms with Gasteiger partial charge in [0.15, 0.2) is 0 Å². The summed E-state index contributed by atoms with van der Waals surface area (Å²) in [6.07, 6.45) is 12.5. The molecule has 2 fully saturated rings. The number of carbonyl (C=O) groups is 2. The summed E-state index contributed by atoms with van der Waals surface area (Å²) in [5.41, 5.74) is 0.234. The van der Waals surface area contributed by atoms with Gasteiger partial charge in [0, 0.05) is 19.1 Å². The topological polar surface area (TPSA) is 75.4 Å². The molecule has 1 aromatic heterocycles. The number of amides is 1. The van der Waals surface area contributed by atoms with E-state index >= 15 is 0 Å². The van der Waals surface area contributed by atoms with E-state index in [-0.39, 0.29) is 29.2 Å². The maximum absolute atomic E-state index is 13.4. The number of hydrogen-bond acceptors (Lipinski definition) is 3. The average molecular weight is 333 g/mol. The van der Waals surface area contributed by atoms with Crippen molar-refractivity contribution in [1.29, 1.82) is 0 Å². The lowest BCUT2D eigenvalue weighted by Crippen LogP contribution is -2.49. The van der Waals surface area contributed by atoms with Crippen LogP contribution < -0.4 is 0 Å². The van der Waals surface area contributed by atoms with Crippen molar-refractivity contribution in [1.82, 2.24) is 14.7 Å². The molecule has 3 rings (SSSR count). The van der Waals surface area contributed by atoms with Gasteiger partial charge in [-0.3, -0.25) is 9.48 Å². The van der Waals surface area contributed by atoms with Gasteiger partial charge >= 0.3 is 5.97 Å². The molecule has 0 aliphatic heterocycles. The fraction of sp³-hybridized carbons (Fsp3) is 0.722. The summed E-state index contributed by atoms with van der Waals surface area (Å²) >= 11 is 0. The molecule has 132 valence electrons. The van der Waals surface area contributed by atoms with Crippen molar-refractivity contribution in [3.63, 3.8) is 0 Å². The third-order valence-electron chi connectivity index (χ3n) is 5.54. The van der Waals surface area contributed by atoms with Gasteiger partial charge in [0.05, 0.1) is 6.20 Å². The number of hydrogen-bond donors (Lipinski definition) is 1. The van der Waals surface area contributed by atoms with Crippen molar-refractivity contribution in [2.75, 3.05) is 0 Å². The van der Waals surface area contributed by atoms with Gasteiger partial charge in [-0.05, 0) is 25.7 Å². The lowest BCUT2D eigenvalue weighted by Gasteiger charge is -2.41. The summed E-state index contributed by atoms with van der Waals surface area (Å²) in [6, 6.07) is 0.483. The van der Waals surface area contributed by atoms with E-state index in [1.807, 2.05) is 4.90 Å². The Morgan fingerprint density at radius 1 is 1.04 bits per heavy atom. The minimum atomic E-state index is -1.08. The van der Waals surface area contributed by atoms with Crippen LogP contribution >= 0.6 is 0 Å². The van der Waals surface area contributed by atoms with Crippen LogP contribution in [0.4, 0.5) is 0 Å². The Balaban J connectivity index is 1.93. The van der Waals surface area contributed by atoms with Crippen LogP contribution in [0.5, 0.6) is 0 Å². The molecule has 0 atom stereocenters. The van der Waals surface area contributed by atoms with Gasteiger partial charge in [-0.25, -0.2) is 4.79 Å². The fourth-order valence-corrected chi connectivity index (χ4v) is 4.32. The molecule has 1 heterocycles. The van der Waals surface area contributed by atoms with Gasteiger partial charge in [-0.2, -0.15) is 5.10 Å². The number of aromatic carboxylic acids is 1. The molecule has 0 radical (unpaired) electrons. The molecule has 0 bridgehead atoms. The van der Waals surface area contributed by atoms with Gasteiger partial charge in [-0.1, -0.05) is 38.5 Å². The zero-order valence-electron chi connectivity index (χ0n) is 14.4. The first-order valence-corrected chi connectivity index (χ1v) is 9.17. The van der Waals surface area contributed by atoms with Crippen molar-refractivity contribution in [3.8, 4) is 0 Å². The standard InChI is InChI=1S/C18H27N3O3/c1-20-16(15(12-19-20)18(23)24)17(22)21(13-8-4-2-5-9-13)14-10-6-3-7-11-14/h12-14H,2-11H2,1H3,(H,23,24). The van der Waals surface area contributed by atoms with Crippen LogP contribution in [-0.4, -0.2) is 43.7 Å².